The Morgan fingerprint density at radius 1 is 1.36 bits per heavy atom. The molecule has 1 saturated heterocycles. The molecule has 0 aromatic heterocycles. The Balaban J connectivity index is 2.34. The van der Waals surface area contributed by atoms with Crippen molar-refractivity contribution in [2.75, 3.05) is 19.6 Å². The van der Waals surface area contributed by atoms with Gasteiger partial charge in [0.2, 0.25) is 0 Å². The summed E-state index contributed by atoms with van der Waals surface area (Å²) in [6.07, 6.45) is 1.98. The van der Waals surface area contributed by atoms with Crippen LogP contribution in [0.25, 0.3) is 0 Å². The largest absolute Gasteiger partial charge is 0.314 e. The van der Waals surface area contributed by atoms with Crippen LogP contribution in [0.3, 0.4) is 0 Å². The second-order valence-electron chi connectivity index (χ2n) is 3.02. The van der Waals surface area contributed by atoms with Gasteiger partial charge in [-0.2, -0.15) is 10.1 Å². The van der Waals surface area contributed by atoms with E-state index in [4.69, 9.17) is 5.21 Å². The minimum atomic E-state index is 0.110. The Morgan fingerprint density at radius 2 is 2.09 bits per heavy atom. The molecule has 0 amide bonds. The van der Waals surface area contributed by atoms with E-state index in [1.165, 1.54) is 10.1 Å². The zero-order valence-corrected chi connectivity index (χ0v) is 6.90. The van der Waals surface area contributed by atoms with Crippen molar-refractivity contribution in [2.24, 2.45) is 0 Å². The number of hydrogen-bond donors (Lipinski definition) is 2. The normalized spacial score (nSPS) is 29.2. The van der Waals surface area contributed by atoms with Crippen molar-refractivity contribution in [2.45, 2.75) is 25.8 Å². The molecule has 66 valence electrons. The van der Waals surface area contributed by atoms with E-state index in [1.54, 1.807) is 0 Å². The predicted octanol–water partition coefficient (Wildman–Crippen LogP) is 0.551. The molecule has 0 radical (unpaired) electrons. The van der Waals surface area contributed by atoms with Gasteiger partial charge in [0.15, 0.2) is 0 Å². The molecule has 4 heteroatoms. The first-order chi connectivity index (χ1) is 5.24. The van der Waals surface area contributed by atoms with E-state index in [-0.39, 0.29) is 6.04 Å². The summed E-state index contributed by atoms with van der Waals surface area (Å²) in [5.74, 6) is 0. The van der Waals surface area contributed by atoms with E-state index >= 15 is 0 Å². The topological polar surface area (TPSA) is 46.9 Å². The van der Waals surface area contributed by atoms with Gasteiger partial charge in [-0.1, -0.05) is 13.3 Å². The van der Waals surface area contributed by atoms with E-state index < -0.39 is 0 Å². The summed E-state index contributed by atoms with van der Waals surface area (Å²) in [6, 6.07) is 0.110. The fraction of sp³-hybridized carbons (Fsp3) is 1.00. The zero-order chi connectivity index (χ0) is 8.27. The molecule has 0 aromatic carbocycles. The molecule has 1 fully saturated rings. The van der Waals surface area contributed by atoms with E-state index in [2.05, 4.69) is 6.92 Å². The van der Waals surface area contributed by atoms with Gasteiger partial charge in [0.25, 0.3) is 0 Å². The first-order valence-corrected chi connectivity index (χ1v) is 4.13. The molecule has 4 nitrogen and oxygen atoms in total. The van der Waals surface area contributed by atoms with Crippen molar-refractivity contribution in [3.05, 3.63) is 0 Å². The summed E-state index contributed by atoms with van der Waals surface area (Å²) in [6.45, 7) is 3.71. The minimum Gasteiger partial charge on any atom is -0.314 e. The number of rotatable bonds is 2. The molecule has 0 aromatic rings. The molecule has 0 saturated carbocycles. The molecule has 1 aliphatic heterocycles. The molecule has 0 bridgehead atoms. The van der Waals surface area contributed by atoms with Crippen LogP contribution >= 0.6 is 0 Å². The molecule has 0 spiro atoms. The van der Waals surface area contributed by atoms with E-state index in [0.29, 0.717) is 19.6 Å². The van der Waals surface area contributed by atoms with Gasteiger partial charge in [-0.15, -0.1) is 0 Å². The first kappa shape index (κ1) is 8.93. The van der Waals surface area contributed by atoms with Gasteiger partial charge < -0.3 is 10.4 Å². The van der Waals surface area contributed by atoms with Crippen LogP contribution in [-0.2, 0) is 0 Å². The monoisotopic (exact) mass is 160 g/mol. The van der Waals surface area contributed by atoms with Gasteiger partial charge in [-0.05, 0) is 6.42 Å². The van der Waals surface area contributed by atoms with Gasteiger partial charge in [-0.3, -0.25) is 0 Å². The first-order valence-electron chi connectivity index (χ1n) is 4.13. The maximum Gasteiger partial charge on any atom is 0.0501 e. The third kappa shape index (κ3) is 2.41. The molecule has 1 atom stereocenters. The summed E-state index contributed by atoms with van der Waals surface area (Å²) < 4.78 is 0. The molecule has 0 aliphatic carbocycles. The quantitative estimate of drug-likeness (QED) is 0.619. The lowest BCUT2D eigenvalue weighted by Crippen LogP contribution is -2.50. The molecule has 1 heterocycles. The lowest BCUT2D eigenvalue weighted by Gasteiger charge is -2.34. The van der Waals surface area contributed by atoms with Crippen molar-refractivity contribution in [3.63, 3.8) is 0 Å². The van der Waals surface area contributed by atoms with Crippen LogP contribution in [0.2, 0.25) is 0 Å². The standard InChI is InChI=1S/C7H16N2O2/c1-2-3-7-6-8(10)4-5-9(7)11/h7,10-11H,2-6H2,1H3. The van der Waals surface area contributed by atoms with Crippen LogP contribution in [0.1, 0.15) is 19.8 Å². The average molecular weight is 160 g/mol. The lowest BCUT2D eigenvalue weighted by molar-refractivity contribution is -0.214. The molecule has 11 heavy (non-hydrogen) atoms. The predicted molar refractivity (Wildman–Crippen MR) is 40.5 cm³/mol. The highest BCUT2D eigenvalue weighted by atomic mass is 16.5. The van der Waals surface area contributed by atoms with Crippen LogP contribution in [-0.4, -0.2) is 46.2 Å². The second kappa shape index (κ2) is 4.01. The SMILES string of the molecule is CCCC1CN(O)CCN1O. The molecule has 1 unspecified atom stereocenters. The highest BCUT2D eigenvalue weighted by Crippen LogP contribution is 2.10. The smallest absolute Gasteiger partial charge is 0.0501 e. The summed E-state index contributed by atoms with van der Waals surface area (Å²) >= 11 is 0. The van der Waals surface area contributed by atoms with Crippen LogP contribution < -0.4 is 0 Å². The van der Waals surface area contributed by atoms with E-state index in [9.17, 15) is 5.21 Å². The van der Waals surface area contributed by atoms with Crippen LogP contribution in [0.4, 0.5) is 0 Å². The zero-order valence-electron chi connectivity index (χ0n) is 6.90. The fourth-order valence-electron chi connectivity index (χ4n) is 1.40. The number of piperazine rings is 1. The summed E-state index contributed by atoms with van der Waals surface area (Å²) in [5, 5.41) is 21.0. The summed E-state index contributed by atoms with van der Waals surface area (Å²) in [4.78, 5) is 0. The Morgan fingerprint density at radius 3 is 2.73 bits per heavy atom. The van der Waals surface area contributed by atoms with E-state index in [0.717, 1.165) is 12.8 Å². The Kier molecular flexibility index (Phi) is 3.26. The van der Waals surface area contributed by atoms with Crippen molar-refractivity contribution >= 4 is 0 Å². The average Bonchev–Trinajstić information content (AvgIpc) is 1.98. The third-order valence-electron chi connectivity index (χ3n) is 2.05. The van der Waals surface area contributed by atoms with Gasteiger partial charge in [0.05, 0.1) is 6.04 Å². The number of hydroxylamine groups is 4. The lowest BCUT2D eigenvalue weighted by atomic mass is 10.1. The third-order valence-corrected chi connectivity index (χ3v) is 2.05. The summed E-state index contributed by atoms with van der Waals surface area (Å²) in [5.41, 5.74) is 0. The van der Waals surface area contributed by atoms with Gasteiger partial charge >= 0.3 is 0 Å². The Hall–Kier alpha value is -0.160. The molecule has 1 rings (SSSR count). The molecular formula is C7H16N2O2. The summed E-state index contributed by atoms with van der Waals surface area (Å²) in [7, 11) is 0. The highest BCUT2D eigenvalue weighted by molar-refractivity contribution is 4.72. The minimum absolute atomic E-state index is 0.110. The van der Waals surface area contributed by atoms with Gasteiger partial charge in [0.1, 0.15) is 0 Å². The van der Waals surface area contributed by atoms with Gasteiger partial charge in [-0.25, -0.2) is 0 Å². The fourth-order valence-corrected chi connectivity index (χ4v) is 1.40. The maximum absolute atomic E-state index is 9.31. The second-order valence-corrected chi connectivity index (χ2v) is 3.02. The number of hydrogen-bond acceptors (Lipinski definition) is 4. The van der Waals surface area contributed by atoms with Crippen molar-refractivity contribution < 1.29 is 10.4 Å². The highest BCUT2D eigenvalue weighted by Gasteiger charge is 2.23. The van der Waals surface area contributed by atoms with Crippen LogP contribution in [0.15, 0.2) is 0 Å². The molecule has 2 N–H and O–H groups in total. The van der Waals surface area contributed by atoms with Crippen LogP contribution in [0.5, 0.6) is 0 Å². The molecule has 1 aliphatic rings. The van der Waals surface area contributed by atoms with E-state index in [1.807, 2.05) is 0 Å². The van der Waals surface area contributed by atoms with Crippen molar-refractivity contribution in [1.29, 1.82) is 0 Å². The van der Waals surface area contributed by atoms with Crippen molar-refractivity contribution in [3.8, 4) is 0 Å². The van der Waals surface area contributed by atoms with Crippen LogP contribution in [0, 0.1) is 0 Å². The maximum atomic E-state index is 9.31. The van der Waals surface area contributed by atoms with Gasteiger partial charge in [0, 0.05) is 19.6 Å². The van der Waals surface area contributed by atoms with Crippen molar-refractivity contribution in [1.82, 2.24) is 10.1 Å². The Bertz CT molecular complexity index is 121. The Labute approximate surface area is 66.9 Å². The number of nitrogens with zero attached hydrogens (tertiary/aromatic N) is 2. The molecular weight excluding hydrogens is 144 g/mol.